The minimum absolute atomic E-state index is 0.217. The molecule has 2 aromatic rings. The number of aromatic carboxylic acids is 1. The second kappa shape index (κ2) is 3.13. The molecule has 1 heterocycles. The molecule has 2 rings (SSSR count). The molecule has 1 aromatic heterocycles. The fourth-order valence-electron chi connectivity index (χ4n) is 1.32. The molecule has 3 N–H and O–H groups in total. The molecule has 0 aliphatic carbocycles. The van der Waals surface area contributed by atoms with E-state index < -0.39 is 17.2 Å². The van der Waals surface area contributed by atoms with Crippen LogP contribution in [0, 0.1) is 0 Å². The number of carboxylic acid groups (broad SMARTS) is 1. The van der Waals surface area contributed by atoms with Crippen molar-refractivity contribution in [3.05, 3.63) is 40.2 Å². The van der Waals surface area contributed by atoms with Crippen molar-refractivity contribution in [1.82, 2.24) is 0 Å². The number of hydrogen-bond donors (Lipinski definition) is 2. The van der Waals surface area contributed by atoms with E-state index in [1.807, 2.05) is 0 Å². The average Bonchev–Trinajstić information content (AvgIpc) is 2.23. The molecule has 0 unspecified atom stereocenters. The molecule has 0 saturated carbocycles. The zero-order valence-electron chi connectivity index (χ0n) is 7.56. The van der Waals surface area contributed by atoms with Crippen LogP contribution in [0.1, 0.15) is 10.6 Å². The summed E-state index contributed by atoms with van der Waals surface area (Å²) in [5.74, 6) is -1.87. The lowest BCUT2D eigenvalue weighted by molar-refractivity contribution is 0.0665. The fourth-order valence-corrected chi connectivity index (χ4v) is 1.32. The molecule has 0 bridgehead atoms. The first-order valence-corrected chi connectivity index (χ1v) is 4.16. The number of benzene rings is 1. The van der Waals surface area contributed by atoms with Crippen molar-refractivity contribution >= 4 is 22.6 Å². The van der Waals surface area contributed by atoms with Crippen LogP contribution < -0.4 is 11.2 Å². The van der Waals surface area contributed by atoms with Crippen LogP contribution in [0.4, 0.5) is 5.69 Å². The van der Waals surface area contributed by atoms with E-state index in [1.54, 1.807) is 12.1 Å². The van der Waals surface area contributed by atoms with Gasteiger partial charge in [0.15, 0.2) is 0 Å². The zero-order valence-corrected chi connectivity index (χ0v) is 7.56. The van der Waals surface area contributed by atoms with Gasteiger partial charge in [-0.3, -0.25) is 4.79 Å². The molecule has 76 valence electrons. The summed E-state index contributed by atoms with van der Waals surface area (Å²) in [7, 11) is 0. The summed E-state index contributed by atoms with van der Waals surface area (Å²) in [6.07, 6.45) is 0. The fraction of sp³-hybridized carbons (Fsp3) is 0. The van der Waals surface area contributed by atoms with Gasteiger partial charge < -0.3 is 15.3 Å². The monoisotopic (exact) mass is 205 g/mol. The molecule has 15 heavy (non-hydrogen) atoms. The maximum Gasteiger partial charge on any atom is 0.374 e. The summed E-state index contributed by atoms with van der Waals surface area (Å²) in [6.45, 7) is 0. The van der Waals surface area contributed by atoms with Crippen LogP contribution in [0.5, 0.6) is 0 Å². The SMILES string of the molecule is Nc1c(C(=O)O)oc2ccccc2c1=O. The zero-order chi connectivity index (χ0) is 11.0. The Bertz CT molecular complexity index is 600. The predicted molar refractivity (Wildman–Crippen MR) is 53.9 cm³/mol. The standard InChI is InChI=1S/C10H7NO4/c11-7-8(12)5-3-1-2-4-6(5)15-9(7)10(13)14/h1-4H,11H2,(H,13,14). The third kappa shape index (κ3) is 1.34. The number of carbonyl (C=O) groups is 1. The summed E-state index contributed by atoms with van der Waals surface area (Å²) < 4.78 is 5.01. The van der Waals surface area contributed by atoms with Gasteiger partial charge in [-0.25, -0.2) is 4.79 Å². The maximum atomic E-state index is 11.6. The second-order valence-corrected chi connectivity index (χ2v) is 2.98. The van der Waals surface area contributed by atoms with Gasteiger partial charge in [0.2, 0.25) is 11.2 Å². The van der Waals surface area contributed by atoms with Crippen LogP contribution in [-0.4, -0.2) is 11.1 Å². The van der Waals surface area contributed by atoms with Crippen LogP contribution in [0.15, 0.2) is 33.5 Å². The van der Waals surface area contributed by atoms with Gasteiger partial charge in [0.05, 0.1) is 5.39 Å². The van der Waals surface area contributed by atoms with E-state index in [0.29, 0.717) is 0 Å². The summed E-state index contributed by atoms with van der Waals surface area (Å²) in [4.78, 5) is 22.3. The van der Waals surface area contributed by atoms with E-state index in [4.69, 9.17) is 15.3 Å². The summed E-state index contributed by atoms with van der Waals surface area (Å²) in [5.41, 5.74) is 4.69. The van der Waals surface area contributed by atoms with Crippen LogP contribution in [0.2, 0.25) is 0 Å². The van der Waals surface area contributed by atoms with Crippen LogP contribution in [-0.2, 0) is 0 Å². The third-order valence-corrected chi connectivity index (χ3v) is 2.03. The Kier molecular flexibility index (Phi) is 1.93. The van der Waals surface area contributed by atoms with Crippen LogP contribution in [0.25, 0.3) is 11.0 Å². The molecule has 0 aliphatic heterocycles. The highest BCUT2D eigenvalue weighted by molar-refractivity contribution is 5.93. The van der Waals surface area contributed by atoms with Crippen molar-refractivity contribution in [2.75, 3.05) is 5.73 Å². The minimum atomic E-state index is -1.35. The molecule has 0 amide bonds. The Morgan fingerprint density at radius 3 is 2.67 bits per heavy atom. The molecule has 0 spiro atoms. The van der Waals surface area contributed by atoms with Crippen LogP contribution >= 0.6 is 0 Å². The largest absolute Gasteiger partial charge is 0.475 e. The molecular weight excluding hydrogens is 198 g/mol. The van der Waals surface area contributed by atoms with Gasteiger partial charge in [0.25, 0.3) is 0 Å². The lowest BCUT2D eigenvalue weighted by atomic mass is 10.2. The quantitative estimate of drug-likeness (QED) is 0.726. The smallest absolute Gasteiger partial charge is 0.374 e. The Balaban J connectivity index is 2.95. The number of rotatable bonds is 1. The summed E-state index contributed by atoms with van der Waals surface area (Å²) in [6, 6.07) is 6.35. The molecule has 0 radical (unpaired) electrons. The summed E-state index contributed by atoms with van der Waals surface area (Å²) in [5, 5.41) is 9.01. The molecular formula is C10H7NO4. The molecule has 0 atom stereocenters. The number of para-hydroxylation sites is 1. The van der Waals surface area contributed by atoms with E-state index in [1.165, 1.54) is 12.1 Å². The molecule has 1 aromatic carbocycles. The first-order chi connectivity index (χ1) is 7.11. The number of nitrogen functional groups attached to an aromatic ring is 1. The van der Waals surface area contributed by atoms with Crippen molar-refractivity contribution in [3.63, 3.8) is 0 Å². The molecule has 0 fully saturated rings. The van der Waals surface area contributed by atoms with Crippen LogP contribution in [0.3, 0.4) is 0 Å². The van der Waals surface area contributed by atoms with Gasteiger partial charge in [-0.05, 0) is 12.1 Å². The average molecular weight is 205 g/mol. The van der Waals surface area contributed by atoms with Crippen molar-refractivity contribution in [2.45, 2.75) is 0 Å². The van der Waals surface area contributed by atoms with Gasteiger partial charge >= 0.3 is 5.97 Å². The topological polar surface area (TPSA) is 93.5 Å². The van der Waals surface area contributed by atoms with E-state index >= 15 is 0 Å². The first-order valence-electron chi connectivity index (χ1n) is 4.16. The highest BCUT2D eigenvalue weighted by atomic mass is 16.4. The van der Waals surface area contributed by atoms with E-state index in [-0.39, 0.29) is 16.7 Å². The Hall–Kier alpha value is -2.30. The third-order valence-electron chi connectivity index (χ3n) is 2.03. The predicted octanol–water partition coefficient (Wildman–Crippen LogP) is 1.07. The molecule has 5 nitrogen and oxygen atoms in total. The maximum absolute atomic E-state index is 11.6. The number of hydrogen-bond acceptors (Lipinski definition) is 4. The van der Waals surface area contributed by atoms with Gasteiger partial charge in [0, 0.05) is 0 Å². The Labute approximate surface area is 83.7 Å². The van der Waals surface area contributed by atoms with E-state index in [0.717, 1.165) is 0 Å². The first kappa shape index (κ1) is 9.26. The lowest BCUT2D eigenvalue weighted by Crippen LogP contribution is -2.14. The Morgan fingerprint density at radius 1 is 1.33 bits per heavy atom. The van der Waals surface area contributed by atoms with Gasteiger partial charge in [0.1, 0.15) is 11.3 Å². The number of carboxylic acids is 1. The van der Waals surface area contributed by atoms with Gasteiger partial charge in [-0.2, -0.15) is 0 Å². The minimum Gasteiger partial charge on any atom is -0.475 e. The van der Waals surface area contributed by atoms with Crippen molar-refractivity contribution < 1.29 is 14.3 Å². The number of anilines is 1. The second-order valence-electron chi connectivity index (χ2n) is 2.98. The molecule has 5 heteroatoms. The van der Waals surface area contributed by atoms with Crippen molar-refractivity contribution in [2.24, 2.45) is 0 Å². The lowest BCUT2D eigenvalue weighted by Gasteiger charge is -2.01. The number of nitrogens with two attached hydrogens (primary N) is 1. The molecule has 0 aliphatic rings. The normalized spacial score (nSPS) is 10.4. The van der Waals surface area contributed by atoms with E-state index in [9.17, 15) is 9.59 Å². The highest BCUT2D eigenvalue weighted by Gasteiger charge is 2.16. The van der Waals surface area contributed by atoms with Gasteiger partial charge in [-0.15, -0.1) is 0 Å². The summed E-state index contributed by atoms with van der Waals surface area (Å²) >= 11 is 0. The highest BCUT2D eigenvalue weighted by Crippen LogP contribution is 2.16. The Morgan fingerprint density at radius 2 is 2.00 bits per heavy atom. The van der Waals surface area contributed by atoms with Crippen molar-refractivity contribution in [1.29, 1.82) is 0 Å². The molecule has 0 saturated heterocycles. The van der Waals surface area contributed by atoms with E-state index in [2.05, 4.69) is 0 Å². The van der Waals surface area contributed by atoms with Crippen molar-refractivity contribution in [3.8, 4) is 0 Å². The number of fused-ring (bicyclic) bond motifs is 1. The van der Waals surface area contributed by atoms with Gasteiger partial charge in [-0.1, -0.05) is 12.1 Å².